The quantitative estimate of drug-likeness (QED) is 0.814. The van der Waals surface area contributed by atoms with Gasteiger partial charge in [-0.2, -0.15) is 0 Å². The van der Waals surface area contributed by atoms with Gasteiger partial charge in [0.15, 0.2) is 0 Å². The second kappa shape index (κ2) is 3.91. The number of rotatable bonds is 3. The van der Waals surface area contributed by atoms with Crippen LogP contribution in [0.3, 0.4) is 0 Å². The highest BCUT2D eigenvalue weighted by molar-refractivity contribution is 9.10. The lowest BCUT2D eigenvalue weighted by Gasteiger charge is -2.05. The molecule has 0 saturated heterocycles. The van der Waals surface area contributed by atoms with Crippen molar-refractivity contribution in [3.63, 3.8) is 0 Å². The van der Waals surface area contributed by atoms with E-state index < -0.39 is 0 Å². The maximum absolute atomic E-state index is 5.75. The summed E-state index contributed by atoms with van der Waals surface area (Å²) in [6.45, 7) is 3.19. The number of anilines is 1. The molecule has 0 aliphatic heterocycles. The minimum absolute atomic E-state index is 0.718. The van der Waals surface area contributed by atoms with Crippen molar-refractivity contribution in [1.29, 1.82) is 0 Å². The standard InChI is InChI=1S/C11H15BrN2/c1-7-2-11(7)14-6-8-3-9(12)5-10(13)4-8/h3-5,7,11,14H,2,6,13H2,1H3. The Morgan fingerprint density at radius 3 is 2.79 bits per heavy atom. The minimum Gasteiger partial charge on any atom is -0.399 e. The van der Waals surface area contributed by atoms with Gasteiger partial charge >= 0.3 is 0 Å². The summed E-state index contributed by atoms with van der Waals surface area (Å²) in [5.41, 5.74) is 7.82. The molecule has 0 amide bonds. The van der Waals surface area contributed by atoms with Crippen LogP contribution in [0.1, 0.15) is 18.9 Å². The summed E-state index contributed by atoms with van der Waals surface area (Å²) in [7, 11) is 0. The fourth-order valence-corrected chi connectivity index (χ4v) is 2.19. The van der Waals surface area contributed by atoms with Gasteiger partial charge in [0, 0.05) is 22.7 Å². The number of nitrogen functional groups attached to an aromatic ring is 1. The Balaban J connectivity index is 1.95. The third-order valence-electron chi connectivity index (χ3n) is 2.66. The number of benzene rings is 1. The number of hydrogen-bond donors (Lipinski definition) is 2. The largest absolute Gasteiger partial charge is 0.399 e. The van der Waals surface area contributed by atoms with E-state index in [4.69, 9.17) is 5.73 Å². The highest BCUT2D eigenvalue weighted by Crippen LogP contribution is 2.29. The van der Waals surface area contributed by atoms with E-state index in [0.29, 0.717) is 0 Å². The van der Waals surface area contributed by atoms with Crippen molar-refractivity contribution in [3.8, 4) is 0 Å². The first-order valence-electron chi connectivity index (χ1n) is 4.93. The van der Waals surface area contributed by atoms with Crippen LogP contribution in [0, 0.1) is 5.92 Å². The number of nitrogens with two attached hydrogens (primary N) is 1. The van der Waals surface area contributed by atoms with Crippen LogP contribution in [0.25, 0.3) is 0 Å². The SMILES string of the molecule is CC1CC1NCc1cc(N)cc(Br)c1. The van der Waals surface area contributed by atoms with Crippen LogP contribution in [0.5, 0.6) is 0 Å². The zero-order valence-corrected chi connectivity index (χ0v) is 9.84. The first-order valence-corrected chi connectivity index (χ1v) is 5.73. The number of nitrogens with one attached hydrogen (secondary N) is 1. The Morgan fingerprint density at radius 1 is 1.50 bits per heavy atom. The Hall–Kier alpha value is -0.540. The van der Waals surface area contributed by atoms with Crippen LogP contribution in [-0.2, 0) is 6.54 Å². The maximum Gasteiger partial charge on any atom is 0.0328 e. The first-order chi connectivity index (χ1) is 6.65. The highest BCUT2D eigenvalue weighted by Gasteiger charge is 2.31. The Kier molecular flexibility index (Phi) is 2.79. The van der Waals surface area contributed by atoms with Gasteiger partial charge in [-0.1, -0.05) is 22.9 Å². The normalized spacial score (nSPS) is 25.0. The molecule has 1 saturated carbocycles. The molecule has 1 aromatic rings. The molecule has 14 heavy (non-hydrogen) atoms. The van der Waals surface area contributed by atoms with Gasteiger partial charge in [-0.15, -0.1) is 0 Å². The first kappa shape index (κ1) is 9.99. The molecular formula is C11H15BrN2. The van der Waals surface area contributed by atoms with Crippen LogP contribution in [0.15, 0.2) is 22.7 Å². The van der Waals surface area contributed by atoms with Crippen molar-refractivity contribution in [3.05, 3.63) is 28.2 Å². The van der Waals surface area contributed by atoms with Crippen molar-refractivity contribution in [2.24, 2.45) is 5.92 Å². The fraction of sp³-hybridized carbons (Fsp3) is 0.455. The molecule has 2 nitrogen and oxygen atoms in total. The van der Waals surface area contributed by atoms with Crippen molar-refractivity contribution < 1.29 is 0 Å². The van der Waals surface area contributed by atoms with Crippen molar-refractivity contribution in [2.45, 2.75) is 25.9 Å². The van der Waals surface area contributed by atoms with Gasteiger partial charge in [-0.05, 0) is 36.1 Å². The van der Waals surface area contributed by atoms with Crippen LogP contribution in [-0.4, -0.2) is 6.04 Å². The van der Waals surface area contributed by atoms with E-state index >= 15 is 0 Å². The topological polar surface area (TPSA) is 38.0 Å². The van der Waals surface area contributed by atoms with E-state index in [9.17, 15) is 0 Å². The monoisotopic (exact) mass is 254 g/mol. The summed E-state index contributed by atoms with van der Waals surface area (Å²) in [6, 6.07) is 6.76. The van der Waals surface area contributed by atoms with Gasteiger partial charge < -0.3 is 11.1 Å². The van der Waals surface area contributed by atoms with Gasteiger partial charge in [0.25, 0.3) is 0 Å². The molecule has 0 bridgehead atoms. The molecule has 3 N–H and O–H groups in total. The van der Waals surface area contributed by atoms with Gasteiger partial charge in [-0.25, -0.2) is 0 Å². The Morgan fingerprint density at radius 2 is 2.21 bits per heavy atom. The molecule has 1 aliphatic carbocycles. The smallest absolute Gasteiger partial charge is 0.0328 e. The molecule has 1 aliphatic rings. The second-order valence-electron chi connectivity index (χ2n) is 4.09. The van der Waals surface area contributed by atoms with E-state index in [-0.39, 0.29) is 0 Å². The molecule has 0 radical (unpaired) electrons. The summed E-state index contributed by atoms with van der Waals surface area (Å²) in [5, 5.41) is 3.50. The molecule has 1 aromatic carbocycles. The van der Waals surface area contributed by atoms with Crippen molar-refractivity contribution >= 4 is 21.6 Å². The molecule has 2 rings (SSSR count). The predicted octanol–water partition coefficient (Wildman–Crippen LogP) is 2.53. The summed E-state index contributed by atoms with van der Waals surface area (Å²) < 4.78 is 1.05. The minimum atomic E-state index is 0.718. The second-order valence-corrected chi connectivity index (χ2v) is 5.01. The van der Waals surface area contributed by atoms with E-state index in [0.717, 1.165) is 28.7 Å². The number of hydrogen-bond acceptors (Lipinski definition) is 2. The van der Waals surface area contributed by atoms with Crippen LogP contribution in [0.2, 0.25) is 0 Å². The lowest BCUT2D eigenvalue weighted by molar-refractivity contribution is 0.652. The summed E-state index contributed by atoms with van der Waals surface area (Å²) in [4.78, 5) is 0. The third kappa shape index (κ3) is 2.49. The van der Waals surface area contributed by atoms with Crippen molar-refractivity contribution in [2.75, 3.05) is 5.73 Å². The van der Waals surface area contributed by atoms with Crippen LogP contribution in [0.4, 0.5) is 5.69 Å². The number of halogens is 1. The van der Waals surface area contributed by atoms with E-state index in [1.165, 1.54) is 12.0 Å². The lowest BCUT2D eigenvalue weighted by atomic mass is 10.2. The third-order valence-corrected chi connectivity index (χ3v) is 3.12. The summed E-state index contributed by atoms with van der Waals surface area (Å²) in [5.74, 6) is 0.847. The zero-order chi connectivity index (χ0) is 10.1. The summed E-state index contributed by atoms with van der Waals surface area (Å²) >= 11 is 3.44. The van der Waals surface area contributed by atoms with Gasteiger partial charge in [-0.3, -0.25) is 0 Å². The van der Waals surface area contributed by atoms with Gasteiger partial charge in [0.1, 0.15) is 0 Å². The van der Waals surface area contributed by atoms with E-state index in [1.807, 2.05) is 12.1 Å². The molecule has 1 fully saturated rings. The lowest BCUT2D eigenvalue weighted by Crippen LogP contribution is -2.17. The van der Waals surface area contributed by atoms with Crippen LogP contribution >= 0.6 is 15.9 Å². The molecular weight excluding hydrogens is 240 g/mol. The molecule has 2 atom stereocenters. The average molecular weight is 255 g/mol. The maximum atomic E-state index is 5.75. The van der Waals surface area contributed by atoms with E-state index in [2.05, 4.69) is 34.2 Å². The summed E-state index contributed by atoms with van der Waals surface area (Å²) in [6.07, 6.45) is 1.31. The molecule has 0 spiro atoms. The predicted molar refractivity (Wildman–Crippen MR) is 63.0 cm³/mol. The average Bonchev–Trinajstić information content (AvgIpc) is 2.77. The Labute approximate surface area is 93.0 Å². The molecule has 76 valence electrons. The highest BCUT2D eigenvalue weighted by atomic mass is 79.9. The fourth-order valence-electron chi connectivity index (χ4n) is 1.63. The molecule has 0 aromatic heterocycles. The molecule has 3 heteroatoms. The zero-order valence-electron chi connectivity index (χ0n) is 8.26. The molecule has 2 unspecified atom stereocenters. The Bertz CT molecular complexity index is 318. The molecule has 0 heterocycles. The van der Waals surface area contributed by atoms with Gasteiger partial charge in [0.05, 0.1) is 0 Å². The van der Waals surface area contributed by atoms with Crippen molar-refractivity contribution in [1.82, 2.24) is 5.32 Å². The van der Waals surface area contributed by atoms with E-state index in [1.54, 1.807) is 0 Å². The van der Waals surface area contributed by atoms with Gasteiger partial charge in [0.2, 0.25) is 0 Å². The van der Waals surface area contributed by atoms with Crippen LogP contribution < -0.4 is 11.1 Å².